The van der Waals surface area contributed by atoms with E-state index in [4.69, 9.17) is 33.4 Å². The molecule has 4 heterocycles. The number of methoxy groups -OCH3 is 1. The summed E-state index contributed by atoms with van der Waals surface area (Å²) in [5, 5.41) is 38.3. The summed E-state index contributed by atoms with van der Waals surface area (Å²) in [6.07, 6.45) is 2.91. The number of carbonyl (C=O) groups excluding carboxylic acids is 8. The highest BCUT2D eigenvalue weighted by Crippen LogP contribution is 2.53. The van der Waals surface area contributed by atoms with Crippen LogP contribution in [0.15, 0.2) is 64.7 Å². The maximum absolute atomic E-state index is 15.6. The molecule has 1 spiro atoms. The normalized spacial score (nSPS) is 26.7. The van der Waals surface area contributed by atoms with Gasteiger partial charge in [0.25, 0.3) is 11.7 Å². The molecule has 21 heteroatoms. The number of ketones is 3. The number of aldehydes is 1. The van der Waals surface area contributed by atoms with E-state index in [0.717, 1.165) is 6.54 Å². The highest BCUT2D eigenvalue weighted by molar-refractivity contribution is 6.35. The van der Waals surface area contributed by atoms with Crippen molar-refractivity contribution in [3.63, 3.8) is 0 Å². The summed E-state index contributed by atoms with van der Waals surface area (Å²) in [7, 11) is 1.42. The van der Waals surface area contributed by atoms with Crippen LogP contribution >= 0.6 is 0 Å². The van der Waals surface area contributed by atoms with Crippen molar-refractivity contribution < 1.29 is 82.1 Å². The van der Waals surface area contributed by atoms with E-state index in [1.807, 2.05) is 0 Å². The zero-order chi connectivity index (χ0) is 62.0. The zero-order valence-corrected chi connectivity index (χ0v) is 50.4. The topological polar surface area (TPSA) is 283 Å². The number of phenolic OH excluding ortho intramolecular Hbond substituents is 1. The first-order valence-corrected chi connectivity index (χ1v) is 28.6. The number of likely N-dealkylation sites (tertiary alicyclic amines) is 1. The van der Waals surface area contributed by atoms with Crippen molar-refractivity contribution >= 4 is 53.3 Å². The van der Waals surface area contributed by atoms with Gasteiger partial charge in [-0.2, -0.15) is 0 Å². The van der Waals surface area contributed by atoms with Crippen LogP contribution in [0.1, 0.15) is 143 Å². The van der Waals surface area contributed by atoms with Gasteiger partial charge in [-0.25, -0.2) is 9.69 Å². The summed E-state index contributed by atoms with van der Waals surface area (Å²) in [5.74, 6) is -10.2. The summed E-state index contributed by atoms with van der Waals surface area (Å²) in [5.41, 5.74) is -1.34. The number of phenols is 1. The average molecular weight is 1170 g/mol. The first kappa shape index (κ1) is 64.2. The van der Waals surface area contributed by atoms with Gasteiger partial charge < -0.3 is 58.8 Å². The second kappa shape index (κ2) is 25.9. The molecule has 1 fully saturated rings. The summed E-state index contributed by atoms with van der Waals surface area (Å²) in [6.45, 7) is 22.5. The Morgan fingerprint density at radius 2 is 1.57 bits per heavy atom. The molecule has 454 valence electrons. The van der Waals surface area contributed by atoms with Gasteiger partial charge >= 0.3 is 23.8 Å². The SMILES string of the molecule is COC1C=COC2(C)Oc3c(C)c(O)c4c(c3C2=O)C2=NC3(CCN(CC(C)C)CC3)N(C(=O)OCc3cc(C)c(OC(=O)CCC(C=O)C(C)=O)c(C)c3)C2=C(NC(=O)C(C)=CC=CC(C)C(O)C(C)C(O)C(C)C(OC(C)=O)C1C)C4=O. The second-order valence-corrected chi connectivity index (χ2v) is 23.6. The molecule has 2 amide bonds. The number of nitrogens with one attached hydrogen (secondary N) is 1. The number of esters is 2. The predicted octanol–water partition coefficient (Wildman–Crippen LogP) is 7.37. The lowest BCUT2D eigenvalue weighted by Gasteiger charge is -2.43. The van der Waals surface area contributed by atoms with E-state index < -0.39 is 112 Å². The van der Waals surface area contributed by atoms with E-state index in [-0.39, 0.29) is 94.7 Å². The fraction of sp³-hybridized carbons (Fsp3) is 0.540. The third-order valence-electron chi connectivity index (χ3n) is 16.8. The molecular weight excluding hydrogens is 1080 g/mol. The first-order chi connectivity index (χ1) is 39.5. The van der Waals surface area contributed by atoms with Gasteiger partial charge in [-0.05, 0) is 81.9 Å². The maximum atomic E-state index is 15.6. The number of fused-ring (bicyclic) bond motifs is 3. The van der Waals surface area contributed by atoms with Crippen molar-refractivity contribution in [3.8, 4) is 17.2 Å². The molecule has 5 bridgehead atoms. The molecule has 10 atom stereocenters. The quantitative estimate of drug-likeness (QED) is 0.0698. The molecule has 0 aromatic heterocycles. The molecule has 84 heavy (non-hydrogen) atoms. The van der Waals surface area contributed by atoms with Crippen molar-refractivity contribution in [1.82, 2.24) is 15.1 Å². The highest BCUT2D eigenvalue weighted by atomic mass is 16.7. The molecule has 7 rings (SSSR count). The van der Waals surface area contributed by atoms with Gasteiger partial charge in [-0.1, -0.05) is 59.8 Å². The molecule has 0 radical (unpaired) electrons. The van der Waals surface area contributed by atoms with Crippen molar-refractivity contribution in [3.05, 3.63) is 98.6 Å². The van der Waals surface area contributed by atoms with E-state index in [9.17, 15) is 39.3 Å². The number of rotatable bonds is 12. The number of allylic oxidation sites excluding steroid dienone is 4. The Labute approximate surface area is 490 Å². The highest BCUT2D eigenvalue weighted by Gasteiger charge is 2.58. The van der Waals surface area contributed by atoms with Gasteiger partial charge in [0.15, 0.2) is 0 Å². The summed E-state index contributed by atoms with van der Waals surface area (Å²) in [6, 6.07) is 3.33. The minimum absolute atomic E-state index is 0.00854. The van der Waals surface area contributed by atoms with Gasteiger partial charge in [0, 0.05) is 100 Å². The van der Waals surface area contributed by atoms with Crippen molar-refractivity contribution in [2.75, 3.05) is 26.7 Å². The molecule has 1 aliphatic carbocycles. The molecule has 21 nitrogen and oxygen atoms in total. The van der Waals surface area contributed by atoms with Crippen LogP contribution in [0, 0.1) is 56.3 Å². The number of aliphatic hydroxyl groups is 2. The van der Waals surface area contributed by atoms with E-state index in [2.05, 4.69) is 24.1 Å². The van der Waals surface area contributed by atoms with Crippen LogP contribution in [-0.2, 0) is 49.5 Å². The second-order valence-electron chi connectivity index (χ2n) is 23.6. The standard InChI is InChI=1S/C63H80N4O17/c1-31(2)28-66-23-21-63(22-24-66)65-49-46-47-54(74)39(10)58-48(46)59(76)62(13,84-58)81-25-20-44(79-14)36(7)57(82-41(12)70)38(9)53(73)37(8)52(72)32(3)16-15-17-33(4)60(77)64-50(55(47)75)51(49)67(63)61(78)80-30-42-26-34(5)56(35(6)27-42)83-45(71)19-18-43(29-68)40(11)69/h15-17,20,25-27,29,31-32,36-38,43-44,52-53,57,72-74H,18-19,21-24,28,30H2,1-14H3,(H,64,77). The van der Waals surface area contributed by atoms with Gasteiger partial charge in [0.2, 0.25) is 5.78 Å². The Kier molecular flexibility index (Phi) is 19.8. The van der Waals surface area contributed by atoms with E-state index in [1.165, 1.54) is 65.0 Å². The number of amides is 2. The molecule has 0 saturated carbocycles. The number of aliphatic hydroxyl groups excluding tert-OH is 2. The fourth-order valence-electron chi connectivity index (χ4n) is 12.0. The van der Waals surface area contributed by atoms with Gasteiger partial charge in [-0.15, -0.1) is 0 Å². The number of nitrogens with zero attached hydrogens (tertiary/aromatic N) is 3. The number of Topliss-reactive ketones (excluding diaryl/α,β-unsaturated/α-hetero) is 3. The molecule has 1 saturated heterocycles. The first-order valence-electron chi connectivity index (χ1n) is 28.6. The Balaban J connectivity index is 1.37. The molecule has 5 aliphatic rings. The van der Waals surface area contributed by atoms with E-state index in [1.54, 1.807) is 65.8 Å². The summed E-state index contributed by atoms with van der Waals surface area (Å²) >= 11 is 0. The Bertz CT molecular complexity index is 3120. The number of aromatic hydroxyl groups is 1. The molecule has 4 aliphatic heterocycles. The third kappa shape index (κ3) is 12.8. The molecule has 2 aromatic rings. The lowest BCUT2D eigenvalue weighted by Crippen LogP contribution is -2.55. The van der Waals surface area contributed by atoms with Crippen molar-refractivity contribution in [1.29, 1.82) is 0 Å². The Hall–Kier alpha value is -7.33. The zero-order valence-electron chi connectivity index (χ0n) is 50.4. The number of piperidine rings is 1. The Morgan fingerprint density at radius 3 is 2.17 bits per heavy atom. The molecular formula is C63H80N4O17. The van der Waals surface area contributed by atoms with Crippen LogP contribution in [-0.4, -0.2) is 141 Å². The summed E-state index contributed by atoms with van der Waals surface area (Å²) < 4.78 is 36.1. The van der Waals surface area contributed by atoms with Crippen LogP contribution < -0.4 is 14.8 Å². The maximum Gasteiger partial charge on any atom is 0.416 e. The number of hydrogen-bond acceptors (Lipinski definition) is 19. The lowest BCUT2D eigenvalue weighted by molar-refractivity contribution is -0.160. The predicted molar refractivity (Wildman–Crippen MR) is 307 cm³/mol. The van der Waals surface area contributed by atoms with Crippen LogP contribution in [0.2, 0.25) is 0 Å². The van der Waals surface area contributed by atoms with Crippen LogP contribution in [0.3, 0.4) is 0 Å². The minimum Gasteiger partial charge on any atom is -0.507 e. The average Bonchev–Trinajstić information content (AvgIpc) is 1.54. The van der Waals surface area contributed by atoms with Crippen molar-refractivity contribution in [2.24, 2.45) is 40.5 Å². The fourth-order valence-corrected chi connectivity index (χ4v) is 12.0. The number of aryl methyl sites for hydroxylation is 2. The van der Waals surface area contributed by atoms with Gasteiger partial charge in [0.05, 0.1) is 47.3 Å². The number of benzene rings is 2. The minimum atomic E-state index is -2.16. The van der Waals surface area contributed by atoms with Gasteiger partial charge in [0.1, 0.15) is 59.1 Å². The number of aliphatic imine (C=N–C) groups is 1. The van der Waals surface area contributed by atoms with Crippen LogP contribution in [0.25, 0.3) is 0 Å². The third-order valence-corrected chi connectivity index (χ3v) is 16.8. The van der Waals surface area contributed by atoms with E-state index in [0.29, 0.717) is 36.1 Å². The molecule has 4 N–H and O–H groups in total. The molecule has 10 unspecified atom stereocenters. The number of ether oxygens (including phenoxy) is 6. The number of carbonyl (C=O) groups is 8. The Morgan fingerprint density at radius 1 is 0.917 bits per heavy atom. The van der Waals surface area contributed by atoms with Crippen LogP contribution in [0.5, 0.6) is 17.2 Å². The van der Waals surface area contributed by atoms with Gasteiger partial charge in [-0.3, -0.25) is 33.8 Å². The number of hydrogen-bond donors (Lipinski definition) is 4. The monoisotopic (exact) mass is 1160 g/mol. The summed E-state index contributed by atoms with van der Waals surface area (Å²) in [4.78, 5) is 118. The van der Waals surface area contributed by atoms with Crippen molar-refractivity contribution in [2.45, 2.75) is 158 Å². The van der Waals surface area contributed by atoms with E-state index >= 15 is 14.4 Å². The largest absolute Gasteiger partial charge is 0.507 e. The molecule has 2 aromatic carbocycles. The lowest BCUT2D eigenvalue weighted by atomic mass is 9.78. The smallest absolute Gasteiger partial charge is 0.416 e. The van der Waals surface area contributed by atoms with Crippen LogP contribution in [0.4, 0.5) is 4.79 Å².